The molecule has 3 rings (SSSR count). The number of rotatable bonds is 2. The van der Waals surface area contributed by atoms with Crippen LogP contribution < -0.4 is 0 Å². The highest BCUT2D eigenvalue weighted by Crippen LogP contribution is 2.25. The van der Waals surface area contributed by atoms with E-state index in [1.807, 2.05) is 6.07 Å². The Hall–Kier alpha value is -1.64. The van der Waals surface area contributed by atoms with Crippen LogP contribution in [0.5, 0.6) is 0 Å². The van der Waals surface area contributed by atoms with Crippen molar-refractivity contribution in [3.8, 4) is 0 Å². The number of nitrogens with zero attached hydrogens (tertiary/aromatic N) is 2. The van der Waals surface area contributed by atoms with Gasteiger partial charge in [-0.1, -0.05) is 6.07 Å². The lowest BCUT2D eigenvalue weighted by molar-refractivity contribution is 0.0730. The van der Waals surface area contributed by atoms with Gasteiger partial charge < -0.3 is 14.4 Å². The number of hydrogen-bond donors (Lipinski definition) is 0. The summed E-state index contributed by atoms with van der Waals surface area (Å²) in [7, 11) is -2.18. The Kier molecular flexibility index (Phi) is 4.56. The molecule has 2 heterocycles. The number of hydrogen-bond acceptors (Lipinski definition) is 5. The van der Waals surface area contributed by atoms with E-state index in [-0.39, 0.29) is 4.90 Å². The van der Waals surface area contributed by atoms with Crippen molar-refractivity contribution >= 4 is 16.1 Å². The summed E-state index contributed by atoms with van der Waals surface area (Å²) >= 11 is 0. The molecular formula is C15H20N2O5S. The molecule has 2 aliphatic rings. The number of carbonyl (C=O) groups is 1. The van der Waals surface area contributed by atoms with Crippen molar-refractivity contribution < 1.29 is 22.7 Å². The molecule has 0 unspecified atom stereocenters. The Morgan fingerprint density at radius 1 is 1.17 bits per heavy atom. The van der Waals surface area contributed by atoms with Gasteiger partial charge in [-0.3, -0.25) is 0 Å². The summed E-state index contributed by atoms with van der Waals surface area (Å²) in [5.41, 5.74) is 1.93. The van der Waals surface area contributed by atoms with E-state index in [1.54, 1.807) is 17.0 Å². The Morgan fingerprint density at radius 3 is 2.61 bits per heavy atom. The van der Waals surface area contributed by atoms with E-state index in [0.29, 0.717) is 45.8 Å². The molecule has 7 nitrogen and oxygen atoms in total. The van der Waals surface area contributed by atoms with Gasteiger partial charge in [0, 0.05) is 26.2 Å². The smallest absolute Gasteiger partial charge is 0.409 e. The lowest BCUT2D eigenvalue weighted by atomic mass is 10.0. The maximum Gasteiger partial charge on any atom is 0.409 e. The van der Waals surface area contributed by atoms with Crippen molar-refractivity contribution in [2.24, 2.45) is 0 Å². The molecule has 0 aromatic heterocycles. The summed E-state index contributed by atoms with van der Waals surface area (Å²) in [5.74, 6) is 0. The molecule has 0 saturated carbocycles. The largest absolute Gasteiger partial charge is 0.453 e. The van der Waals surface area contributed by atoms with E-state index in [2.05, 4.69) is 0 Å². The van der Waals surface area contributed by atoms with Crippen molar-refractivity contribution in [2.75, 3.05) is 40.0 Å². The first-order valence-corrected chi connectivity index (χ1v) is 8.99. The minimum Gasteiger partial charge on any atom is -0.453 e. The highest BCUT2D eigenvalue weighted by atomic mass is 32.2. The zero-order chi connectivity index (χ0) is 16.4. The summed E-state index contributed by atoms with van der Waals surface area (Å²) < 4.78 is 36.8. The van der Waals surface area contributed by atoms with Crippen LogP contribution >= 0.6 is 0 Å². The van der Waals surface area contributed by atoms with E-state index in [9.17, 15) is 13.2 Å². The maximum atomic E-state index is 12.7. The molecule has 1 saturated heterocycles. The third kappa shape index (κ3) is 3.19. The van der Waals surface area contributed by atoms with E-state index in [4.69, 9.17) is 9.47 Å². The first kappa shape index (κ1) is 16.2. The van der Waals surface area contributed by atoms with Gasteiger partial charge in [-0.15, -0.1) is 0 Å². The zero-order valence-electron chi connectivity index (χ0n) is 13.0. The van der Waals surface area contributed by atoms with Crippen molar-refractivity contribution in [2.45, 2.75) is 17.9 Å². The van der Waals surface area contributed by atoms with Crippen molar-refractivity contribution in [3.63, 3.8) is 0 Å². The van der Waals surface area contributed by atoms with Crippen LogP contribution in [0.3, 0.4) is 0 Å². The lowest BCUT2D eigenvalue weighted by Gasteiger charge is -2.29. The van der Waals surface area contributed by atoms with Gasteiger partial charge in [0.25, 0.3) is 0 Å². The number of fused-ring (bicyclic) bond motifs is 1. The molecule has 1 aromatic carbocycles. The van der Waals surface area contributed by atoms with Crippen LogP contribution in [0.4, 0.5) is 4.79 Å². The van der Waals surface area contributed by atoms with E-state index in [1.165, 1.54) is 11.4 Å². The molecule has 0 N–H and O–H groups in total. The highest BCUT2D eigenvalue weighted by molar-refractivity contribution is 7.89. The Balaban J connectivity index is 1.87. The summed E-state index contributed by atoms with van der Waals surface area (Å²) in [5, 5.41) is 0. The molecule has 8 heteroatoms. The van der Waals surface area contributed by atoms with Crippen molar-refractivity contribution in [1.82, 2.24) is 9.21 Å². The predicted octanol–water partition coefficient (Wildman–Crippen LogP) is 0.832. The van der Waals surface area contributed by atoms with Gasteiger partial charge in [-0.2, -0.15) is 4.31 Å². The Morgan fingerprint density at radius 2 is 1.91 bits per heavy atom. The lowest BCUT2D eigenvalue weighted by Crippen LogP contribution is -2.41. The van der Waals surface area contributed by atoms with Gasteiger partial charge in [0.15, 0.2) is 0 Å². The molecule has 2 aliphatic heterocycles. The van der Waals surface area contributed by atoms with Gasteiger partial charge in [0.1, 0.15) is 0 Å². The van der Waals surface area contributed by atoms with Crippen LogP contribution in [-0.4, -0.2) is 63.7 Å². The molecule has 0 spiro atoms. The molecule has 0 aliphatic carbocycles. The monoisotopic (exact) mass is 340 g/mol. The van der Waals surface area contributed by atoms with Crippen LogP contribution in [0.1, 0.15) is 11.1 Å². The fourth-order valence-corrected chi connectivity index (χ4v) is 4.37. The van der Waals surface area contributed by atoms with E-state index >= 15 is 0 Å². The summed E-state index contributed by atoms with van der Waals surface area (Å²) in [4.78, 5) is 13.5. The molecule has 0 atom stereocenters. The Labute approximate surface area is 135 Å². The normalized spacial score (nSPS) is 19.3. The number of ether oxygens (including phenoxy) is 2. The fourth-order valence-electron chi connectivity index (χ4n) is 2.91. The number of carbonyl (C=O) groups excluding carboxylic acids is 1. The fraction of sp³-hybridized carbons (Fsp3) is 0.533. The summed E-state index contributed by atoms with van der Waals surface area (Å²) in [6, 6.07) is 5.17. The average Bonchev–Trinajstić information content (AvgIpc) is 2.60. The number of amides is 1. The molecular weight excluding hydrogens is 320 g/mol. The first-order valence-electron chi connectivity index (χ1n) is 7.55. The standard InChI is InChI=1S/C15H20N2O5S/c1-21-15(18)16-5-4-12-2-3-14(10-13(12)11-16)23(19,20)17-6-8-22-9-7-17/h2-3,10H,4-9,11H2,1H3. The summed E-state index contributed by atoms with van der Waals surface area (Å²) in [6.45, 7) is 2.52. The molecule has 1 amide bonds. The molecule has 0 bridgehead atoms. The minimum atomic E-state index is -3.52. The number of morpholine rings is 1. The number of benzene rings is 1. The average molecular weight is 340 g/mol. The zero-order valence-corrected chi connectivity index (χ0v) is 13.8. The molecule has 0 radical (unpaired) electrons. The minimum absolute atomic E-state index is 0.268. The van der Waals surface area contributed by atoms with E-state index < -0.39 is 16.1 Å². The summed E-state index contributed by atoms with van der Waals surface area (Å²) in [6.07, 6.45) is 0.305. The topological polar surface area (TPSA) is 76.2 Å². The van der Waals surface area contributed by atoms with Crippen LogP contribution in [-0.2, 0) is 32.5 Å². The molecule has 23 heavy (non-hydrogen) atoms. The number of sulfonamides is 1. The van der Waals surface area contributed by atoms with E-state index in [0.717, 1.165) is 11.1 Å². The highest BCUT2D eigenvalue weighted by Gasteiger charge is 2.28. The van der Waals surface area contributed by atoms with Gasteiger partial charge in [-0.05, 0) is 29.7 Å². The van der Waals surface area contributed by atoms with Gasteiger partial charge in [-0.25, -0.2) is 13.2 Å². The van der Waals surface area contributed by atoms with Crippen molar-refractivity contribution in [1.29, 1.82) is 0 Å². The van der Waals surface area contributed by atoms with Crippen LogP contribution in [0.25, 0.3) is 0 Å². The maximum absolute atomic E-state index is 12.7. The molecule has 126 valence electrons. The van der Waals surface area contributed by atoms with Crippen LogP contribution in [0.2, 0.25) is 0 Å². The van der Waals surface area contributed by atoms with Crippen molar-refractivity contribution in [3.05, 3.63) is 29.3 Å². The second-order valence-corrected chi connectivity index (χ2v) is 7.53. The van der Waals surface area contributed by atoms with Gasteiger partial charge in [0.05, 0.1) is 25.2 Å². The quantitative estimate of drug-likeness (QED) is 0.797. The van der Waals surface area contributed by atoms with Gasteiger partial charge in [0.2, 0.25) is 10.0 Å². The van der Waals surface area contributed by atoms with Crippen LogP contribution in [0, 0.1) is 0 Å². The third-order valence-electron chi connectivity index (χ3n) is 4.23. The number of methoxy groups -OCH3 is 1. The molecule has 1 fully saturated rings. The van der Waals surface area contributed by atoms with Crippen LogP contribution in [0.15, 0.2) is 23.1 Å². The molecule has 1 aromatic rings. The second-order valence-electron chi connectivity index (χ2n) is 5.59. The van der Waals surface area contributed by atoms with Gasteiger partial charge >= 0.3 is 6.09 Å². The predicted molar refractivity (Wildman–Crippen MR) is 82.5 cm³/mol. The second kappa shape index (κ2) is 6.46. The third-order valence-corrected chi connectivity index (χ3v) is 6.13. The SMILES string of the molecule is COC(=O)N1CCc2ccc(S(=O)(=O)N3CCOCC3)cc2C1. The first-order chi connectivity index (χ1) is 11.0. The Bertz CT molecular complexity index is 698.